The van der Waals surface area contributed by atoms with Crippen molar-refractivity contribution in [1.82, 2.24) is 9.88 Å². The number of likely N-dealkylation sites (N-methyl/N-ethyl adjacent to an activating group) is 1. The van der Waals surface area contributed by atoms with E-state index in [0.717, 1.165) is 45.8 Å². The predicted molar refractivity (Wildman–Crippen MR) is 86.2 cm³/mol. The smallest absolute Gasteiger partial charge is 0.132 e. The fourth-order valence-corrected chi connectivity index (χ4v) is 3.17. The molecule has 0 radical (unpaired) electrons. The summed E-state index contributed by atoms with van der Waals surface area (Å²) in [5, 5.41) is 0. The van der Waals surface area contributed by atoms with E-state index in [9.17, 15) is 0 Å². The normalized spacial score (nSPS) is 24.0. The van der Waals surface area contributed by atoms with Gasteiger partial charge in [-0.15, -0.1) is 0 Å². The second-order valence-electron chi connectivity index (χ2n) is 6.65. The highest BCUT2D eigenvalue weighted by Gasteiger charge is 2.26. The van der Waals surface area contributed by atoms with E-state index in [2.05, 4.69) is 42.8 Å². The molecule has 2 aliphatic rings. The van der Waals surface area contributed by atoms with E-state index in [1.165, 1.54) is 17.1 Å². The van der Waals surface area contributed by atoms with Gasteiger partial charge in [-0.25, -0.2) is 4.98 Å². The average molecular weight is 289 g/mol. The maximum atomic E-state index is 5.59. The van der Waals surface area contributed by atoms with Crippen LogP contribution >= 0.6 is 0 Å². The van der Waals surface area contributed by atoms with Crippen molar-refractivity contribution in [2.75, 3.05) is 51.3 Å². The summed E-state index contributed by atoms with van der Waals surface area (Å²) in [5.41, 5.74) is 2.59. The molecule has 2 fully saturated rings. The fraction of sp³-hybridized carbons (Fsp3) is 0.706. The lowest BCUT2D eigenvalue weighted by Crippen LogP contribution is -2.45. The third kappa shape index (κ3) is 3.22. The van der Waals surface area contributed by atoms with Crippen LogP contribution in [0.4, 0.5) is 5.82 Å². The predicted octanol–water partition coefficient (Wildman–Crippen LogP) is 2.46. The van der Waals surface area contributed by atoms with Gasteiger partial charge in [-0.2, -0.15) is 0 Å². The number of aromatic nitrogens is 1. The molecule has 0 bridgehead atoms. The Labute approximate surface area is 128 Å². The quantitative estimate of drug-likeness (QED) is 0.854. The van der Waals surface area contributed by atoms with Crippen LogP contribution in [0.5, 0.6) is 0 Å². The van der Waals surface area contributed by atoms with Crippen LogP contribution in [0.2, 0.25) is 0 Å². The van der Waals surface area contributed by atoms with E-state index >= 15 is 0 Å². The molecule has 0 saturated carbocycles. The van der Waals surface area contributed by atoms with Crippen LogP contribution in [0.1, 0.15) is 43.4 Å². The minimum atomic E-state index is 0.477. The first-order chi connectivity index (χ1) is 10.1. The molecule has 0 amide bonds. The van der Waals surface area contributed by atoms with Crippen molar-refractivity contribution >= 4 is 5.82 Å². The fourth-order valence-electron chi connectivity index (χ4n) is 3.17. The summed E-state index contributed by atoms with van der Waals surface area (Å²) >= 11 is 0. The molecular weight excluding hydrogens is 262 g/mol. The van der Waals surface area contributed by atoms with Gasteiger partial charge in [-0.1, -0.05) is 19.9 Å². The van der Waals surface area contributed by atoms with Gasteiger partial charge in [-0.3, -0.25) is 0 Å². The van der Waals surface area contributed by atoms with Crippen LogP contribution in [0, 0.1) is 0 Å². The summed E-state index contributed by atoms with van der Waals surface area (Å²) in [5.74, 6) is 2.21. The van der Waals surface area contributed by atoms with Gasteiger partial charge in [0.05, 0.1) is 6.61 Å². The Hall–Kier alpha value is -1.13. The molecule has 4 nitrogen and oxygen atoms in total. The number of nitrogens with zero attached hydrogens (tertiary/aromatic N) is 3. The second kappa shape index (κ2) is 6.32. The summed E-state index contributed by atoms with van der Waals surface area (Å²) in [6.07, 6.45) is 1.13. The Morgan fingerprint density at radius 1 is 1.19 bits per heavy atom. The lowest BCUT2D eigenvalue weighted by atomic mass is 9.97. The Morgan fingerprint density at radius 3 is 2.57 bits per heavy atom. The van der Waals surface area contributed by atoms with E-state index in [0.29, 0.717) is 11.8 Å². The number of hydrogen-bond donors (Lipinski definition) is 0. The van der Waals surface area contributed by atoms with Crippen LogP contribution in [0.15, 0.2) is 12.1 Å². The van der Waals surface area contributed by atoms with Crippen molar-refractivity contribution in [3.8, 4) is 0 Å². The van der Waals surface area contributed by atoms with Crippen molar-refractivity contribution in [3.63, 3.8) is 0 Å². The average Bonchev–Trinajstić information content (AvgIpc) is 3.01. The van der Waals surface area contributed by atoms with Gasteiger partial charge in [0.25, 0.3) is 0 Å². The zero-order chi connectivity index (χ0) is 14.8. The first-order valence-corrected chi connectivity index (χ1v) is 8.17. The minimum absolute atomic E-state index is 0.477. The molecule has 0 N–H and O–H groups in total. The number of ether oxygens (including phenoxy) is 1. The zero-order valence-corrected chi connectivity index (χ0v) is 13.5. The van der Waals surface area contributed by atoms with Crippen LogP contribution < -0.4 is 4.90 Å². The molecular formula is C17H27N3O. The van der Waals surface area contributed by atoms with Crippen molar-refractivity contribution in [2.45, 2.75) is 32.1 Å². The Balaban J connectivity index is 1.91. The molecule has 0 unspecified atom stereocenters. The highest BCUT2D eigenvalue weighted by molar-refractivity contribution is 5.51. The highest BCUT2D eigenvalue weighted by Crippen LogP contribution is 2.33. The topological polar surface area (TPSA) is 28.6 Å². The maximum Gasteiger partial charge on any atom is 0.132 e. The molecule has 0 aliphatic carbocycles. The lowest BCUT2D eigenvalue weighted by molar-refractivity contribution is 0.194. The van der Waals surface area contributed by atoms with Crippen LogP contribution in [-0.4, -0.2) is 56.3 Å². The van der Waals surface area contributed by atoms with Crippen molar-refractivity contribution < 1.29 is 4.74 Å². The number of anilines is 1. The Morgan fingerprint density at radius 2 is 1.95 bits per heavy atom. The Kier molecular flexibility index (Phi) is 4.45. The van der Waals surface area contributed by atoms with E-state index in [1.807, 2.05) is 0 Å². The van der Waals surface area contributed by atoms with E-state index in [1.54, 1.807) is 0 Å². The largest absolute Gasteiger partial charge is 0.381 e. The molecule has 1 aromatic rings. The highest BCUT2D eigenvalue weighted by atomic mass is 16.5. The van der Waals surface area contributed by atoms with Gasteiger partial charge < -0.3 is 14.5 Å². The maximum absolute atomic E-state index is 5.59. The third-order valence-corrected chi connectivity index (χ3v) is 4.69. The zero-order valence-electron chi connectivity index (χ0n) is 13.5. The molecule has 1 aromatic heterocycles. The summed E-state index contributed by atoms with van der Waals surface area (Å²) in [7, 11) is 2.20. The molecule has 0 aromatic carbocycles. The summed E-state index contributed by atoms with van der Waals surface area (Å²) in [6, 6.07) is 4.51. The van der Waals surface area contributed by atoms with E-state index < -0.39 is 0 Å². The van der Waals surface area contributed by atoms with E-state index in [4.69, 9.17) is 9.72 Å². The summed E-state index contributed by atoms with van der Waals surface area (Å²) in [6.45, 7) is 10.6. The summed E-state index contributed by atoms with van der Waals surface area (Å²) < 4.78 is 5.59. The number of piperazine rings is 1. The van der Waals surface area contributed by atoms with Crippen LogP contribution in [0.25, 0.3) is 0 Å². The van der Waals surface area contributed by atoms with Gasteiger partial charge in [0.2, 0.25) is 0 Å². The number of hydrogen-bond acceptors (Lipinski definition) is 4. The molecule has 116 valence electrons. The van der Waals surface area contributed by atoms with Gasteiger partial charge in [0.1, 0.15) is 5.82 Å². The summed E-state index contributed by atoms with van der Waals surface area (Å²) in [4.78, 5) is 9.88. The van der Waals surface area contributed by atoms with Gasteiger partial charge in [0, 0.05) is 50.0 Å². The van der Waals surface area contributed by atoms with Crippen molar-refractivity contribution in [2.24, 2.45) is 0 Å². The molecule has 3 heterocycles. The monoisotopic (exact) mass is 289 g/mol. The Bertz CT molecular complexity index is 475. The molecule has 21 heavy (non-hydrogen) atoms. The molecule has 2 aliphatic heterocycles. The third-order valence-electron chi connectivity index (χ3n) is 4.69. The molecule has 2 saturated heterocycles. The second-order valence-corrected chi connectivity index (χ2v) is 6.65. The number of rotatable bonds is 3. The van der Waals surface area contributed by atoms with Gasteiger partial charge in [0.15, 0.2) is 0 Å². The molecule has 4 heteroatoms. The number of pyridine rings is 1. The van der Waals surface area contributed by atoms with Crippen molar-refractivity contribution in [3.05, 3.63) is 23.4 Å². The SMILES string of the molecule is CC(C)c1ccc([C@H]2CCOC2)c(N2CCN(C)CC2)n1. The molecule has 1 atom stereocenters. The van der Waals surface area contributed by atoms with Gasteiger partial charge >= 0.3 is 0 Å². The first-order valence-electron chi connectivity index (χ1n) is 8.17. The van der Waals surface area contributed by atoms with Crippen molar-refractivity contribution in [1.29, 1.82) is 0 Å². The minimum Gasteiger partial charge on any atom is -0.381 e. The van der Waals surface area contributed by atoms with Crippen LogP contribution in [0.3, 0.4) is 0 Å². The van der Waals surface area contributed by atoms with E-state index in [-0.39, 0.29) is 0 Å². The molecule has 0 spiro atoms. The van der Waals surface area contributed by atoms with Gasteiger partial charge in [-0.05, 0) is 25.5 Å². The van der Waals surface area contributed by atoms with Crippen LogP contribution in [-0.2, 0) is 4.74 Å². The first kappa shape index (κ1) is 14.8. The lowest BCUT2D eigenvalue weighted by Gasteiger charge is -2.35. The molecule has 3 rings (SSSR count). The standard InChI is InChI=1S/C17H27N3O/c1-13(2)16-5-4-15(14-6-11-21-12-14)17(18-16)20-9-7-19(3)8-10-20/h4-5,13-14H,6-12H2,1-3H3/t14-/m0/s1.